The number of nitrogens with one attached hydrogen (secondary N) is 1. The third-order valence-corrected chi connectivity index (χ3v) is 1.57. The minimum absolute atomic E-state index is 0.405. The fourth-order valence-corrected chi connectivity index (χ4v) is 0.842. The highest BCUT2D eigenvalue weighted by atomic mass is 79.9. The van der Waals surface area contributed by atoms with Crippen LogP contribution in [0.2, 0.25) is 0 Å². The first-order chi connectivity index (χ1) is 6.18. The lowest BCUT2D eigenvalue weighted by Gasteiger charge is -2.02. The minimum Gasteiger partial charge on any atom is -0.479 e. The fraction of sp³-hybridized carbons (Fsp3) is 0.143. The molecule has 6 heteroatoms. The molecule has 0 radical (unpaired) electrons. The molecule has 0 aromatic carbocycles. The lowest BCUT2D eigenvalue weighted by molar-refractivity contribution is -0.141. The molecule has 1 aromatic heterocycles. The Balaban J connectivity index is 2.37. The van der Waals surface area contributed by atoms with E-state index in [0.717, 1.165) is 4.47 Å². The molecule has 0 amide bonds. The van der Waals surface area contributed by atoms with Crippen molar-refractivity contribution < 1.29 is 14.7 Å². The molecular weight excluding hydrogens is 240 g/mol. The van der Waals surface area contributed by atoms with Crippen LogP contribution in [0.15, 0.2) is 22.8 Å². The maximum atomic E-state index is 10.1. The average molecular weight is 247 g/mol. The van der Waals surface area contributed by atoms with E-state index in [1.54, 1.807) is 18.3 Å². The second kappa shape index (κ2) is 4.78. The Hall–Kier alpha value is -1.14. The summed E-state index contributed by atoms with van der Waals surface area (Å²) in [5, 5.41) is 8.24. The number of carboxylic acids is 1. The SMILES string of the molecule is O=C(O)CONc1ccc(Br)cn1. The number of carboxylic acid groups (broad SMARTS) is 1. The van der Waals surface area contributed by atoms with E-state index in [-0.39, 0.29) is 0 Å². The van der Waals surface area contributed by atoms with Gasteiger partial charge in [-0.1, -0.05) is 0 Å². The molecule has 13 heavy (non-hydrogen) atoms. The van der Waals surface area contributed by atoms with Gasteiger partial charge in [-0.2, -0.15) is 0 Å². The maximum Gasteiger partial charge on any atom is 0.332 e. The van der Waals surface area contributed by atoms with Crippen LogP contribution in [0.1, 0.15) is 0 Å². The van der Waals surface area contributed by atoms with Gasteiger partial charge in [0.15, 0.2) is 6.61 Å². The number of aromatic nitrogens is 1. The van der Waals surface area contributed by atoms with Crippen LogP contribution in [-0.2, 0) is 9.63 Å². The number of carbonyl (C=O) groups is 1. The predicted octanol–water partition coefficient (Wildman–Crippen LogP) is 1.27. The Morgan fingerprint density at radius 1 is 1.69 bits per heavy atom. The summed E-state index contributed by atoms with van der Waals surface area (Å²) >= 11 is 3.21. The Kier molecular flexibility index (Phi) is 3.66. The quantitative estimate of drug-likeness (QED) is 0.784. The topological polar surface area (TPSA) is 71.5 Å². The summed E-state index contributed by atoms with van der Waals surface area (Å²) in [5.74, 6) is -0.575. The lowest BCUT2D eigenvalue weighted by Crippen LogP contribution is -2.11. The first kappa shape index (κ1) is 9.94. The zero-order valence-corrected chi connectivity index (χ0v) is 8.11. The van der Waals surface area contributed by atoms with Crippen molar-refractivity contribution >= 4 is 27.7 Å². The molecule has 0 aliphatic carbocycles. The Morgan fingerprint density at radius 2 is 2.46 bits per heavy atom. The molecule has 0 spiro atoms. The first-order valence-corrected chi connectivity index (χ1v) is 4.19. The molecule has 0 fully saturated rings. The number of hydrogen-bond acceptors (Lipinski definition) is 4. The highest BCUT2D eigenvalue weighted by Crippen LogP contribution is 2.09. The zero-order chi connectivity index (χ0) is 9.68. The first-order valence-electron chi connectivity index (χ1n) is 3.39. The minimum atomic E-state index is -1.04. The Morgan fingerprint density at radius 3 is 3.00 bits per heavy atom. The van der Waals surface area contributed by atoms with Gasteiger partial charge in [0.25, 0.3) is 0 Å². The van der Waals surface area contributed by atoms with Crippen molar-refractivity contribution in [2.24, 2.45) is 0 Å². The van der Waals surface area contributed by atoms with Gasteiger partial charge in [-0.15, -0.1) is 0 Å². The van der Waals surface area contributed by atoms with Crippen molar-refractivity contribution in [1.82, 2.24) is 4.98 Å². The molecule has 0 aliphatic heterocycles. The molecule has 1 rings (SSSR count). The van der Waals surface area contributed by atoms with Gasteiger partial charge in [0.05, 0.1) is 0 Å². The largest absolute Gasteiger partial charge is 0.479 e. The summed E-state index contributed by atoms with van der Waals surface area (Å²) in [4.78, 5) is 18.5. The van der Waals surface area contributed by atoms with Crippen LogP contribution in [-0.4, -0.2) is 22.7 Å². The lowest BCUT2D eigenvalue weighted by atomic mass is 10.5. The van der Waals surface area contributed by atoms with E-state index >= 15 is 0 Å². The van der Waals surface area contributed by atoms with Gasteiger partial charge in [-0.05, 0) is 28.1 Å². The van der Waals surface area contributed by atoms with Gasteiger partial charge in [0, 0.05) is 10.7 Å². The molecule has 0 bridgehead atoms. The van der Waals surface area contributed by atoms with Crippen molar-refractivity contribution in [3.05, 3.63) is 22.8 Å². The number of aliphatic carboxylic acids is 1. The second-order valence-corrected chi connectivity index (χ2v) is 3.06. The predicted molar refractivity (Wildman–Crippen MR) is 49.1 cm³/mol. The third-order valence-electron chi connectivity index (χ3n) is 1.10. The third kappa shape index (κ3) is 3.86. The fourth-order valence-electron chi connectivity index (χ4n) is 0.608. The normalized spacial score (nSPS) is 9.62. The van der Waals surface area contributed by atoms with Crippen LogP contribution in [0.25, 0.3) is 0 Å². The highest BCUT2D eigenvalue weighted by Gasteiger charge is 1.97. The van der Waals surface area contributed by atoms with E-state index in [4.69, 9.17) is 5.11 Å². The van der Waals surface area contributed by atoms with E-state index in [1.807, 2.05) is 0 Å². The summed E-state index contributed by atoms with van der Waals surface area (Å²) in [6.07, 6.45) is 1.58. The highest BCUT2D eigenvalue weighted by molar-refractivity contribution is 9.10. The van der Waals surface area contributed by atoms with Gasteiger partial charge in [-0.3, -0.25) is 4.84 Å². The summed E-state index contributed by atoms with van der Waals surface area (Å²) < 4.78 is 0.844. The zero-order valence-electron chi connectivity index (χ0n) is 6.53. The van der Waals surface area contributed by atoms with Crippen LogP contribution in [0.4, 0.5) is 5.82 Å². The molecule has 0 atom stereocenters. The van der Waals surface area contributed by atoms with E-state index in [1.165, 1.54) is 0 Å². The number of hydrogen-bond donors (Lipinski definition) is 2. The van der Waals surface area contributed by atoms with Crippen molar-refractivity contribution in [3.63, 3.8) is 0 Å². The van der Waals surface area contributed by atoms with Crippen LogP contribution >= 0.6 is 15.9 Å². The Labute approximate surface area is 82.8 Å². The van der Waals surface area contributed by atoms with E-state index in [2.05, 4.69) is 31.2 Å². The van der Waals surface area contributed by atoms with Gasteiger partial charge >= 0.3 is 5.97 Å². The molecule has 2 N–H and O–H groups in total. The van der Waals surface area contributed by atoms with Crippen LogP contribution < -0.4 is 5.48 Å². The summed E-state index contributed by atoms with van der Waals surface area (Å²) in [5.41, 5.74) is 2.39. The maximum absolute atomic E-state index is 10.1. The molecule has 70 valence electrons. The number of nitrogens with zero attached hydrogens (tertiary/aromatic N) is 1. The molecular formula is C7H7BrN2O3. The average Bonchev–Trinajstić information content (AvgIpc) is 2.08. The van der Waals surface area contributed by atoms with Gasteiger partial charge in [0.2, 0.25) is 0 Å². The van der Waals surface area contributed by atoms with E-state index < -0.39 is 12.6 Å². The van der Waals surface area contributed by atoms with Crippen LogP contribution in [0.3, 0.4) is 0 Å². The van der Waals surface area contributed by atoms with Crippen LogP contribution in [0.5, 0.6) is 0 Å². The van der Waals surface area contributed by atoms with E-state index in [0.29, 0.717) is 5.82 Å². The van der Waals surface area contributed by atoms with Crippen molar-refractivity contribution in [2.45, 2.75) is 0 Å². The molecule has 0 unspecified atom stereocenters. The van der Waals surface area contributed by atoms with E-state index in [9.17, 15) is 4.79 Å². The Bertz CT molecular complexity index is 288. The smallest absolute Gasteiger partial charge is 0.332 e. The molecule has 1 aromatic rings. The second-order valence-electron chi connectivity index (χ2n) is 2.15. The molecule has 5 nitrogen and oxygen atoms in total. The van der Waals surface area contributed by atoms with Gasteiger partial charge < -0.3 is 5.11 Å². The molecule has 0 saturated carbocycles. The molecule has 1 heterocycles. The van der Waals surface area contributed by atoms with Crippen molar-refractivity contribution in [1.29, 1.82) is 0 Å². The summed E-state index contributed by atoms with van der Waals surface area (Å²) in [6.45, 7) is -0.405. The van der Waals surface area contributed by atoms with Crippen LogP contribution in [0, 0.1) is 0 Å². The number of rotatable bonds is 4. The number of halogens is 1. The van der Waals surface area contributed by atoms with Crippen molar-refractivity contribution in [2.75, 3.05) is 12.1 Å². The van der Waals surface area contributed by atoms with Gasteiger partial charge in [-0.25, -0.2) is 15.3 Å². The monoisotopic (exact) mass is 246 g/mol. The number of pyridine rings is 1. The summed E-state index contributed by atoms with van der Waals surface area (Å²) in [6, 6.07) is 3.42. The molecule has 0 saturated heterocycles. The van der Waals surface area contributed by atoms with Crippen molar-refractivity contribution in [3.8, 4) is 0 Å². The number of anilines is 1. The standard InChI is InChI=1S/C7H7BrN2O3/c8-5-1-2-6(9-3-5)10-13-4-7(11)12/h1-3H,4H2,(H,9,10)(H,11,12). The van der Waals surface area contributed by atoms with Gasteiger partial charge in [0.1, 0.15) is 5.82 Å². The summed E-state index contributed by atoms with van der Waals surface area (Å²) in [7, 11) is 0. The molecule has 0 aliphatic rings.